The van der Waals surface area contributed by atoms with Crippen LogP contribution in [0.25, 0.3) is 5.57 Å². The molecule has 0 spiro atoms. The highest BCUT2D eigenvalue weighted by molar-refractivity contribution is 6.37. The number of hydrogen-bond acceptors (Lipinski definition) is 7. The Hall–Kier alpha value is -3.01. The molecule has 0 bridgehead atoms. The van der Waals surface area contributed by atoms with Crippen molar-refractivity contribution in [1.82, 2.24) is 21.0 Å². The Bertz CT molecular complexity index is 1130. The van der Waals surface area contributed by atoms with Crippen molar-refractivity contribution >= 4 is 40.7 Å². The van der Waals surface area contributed by atoms with Gasteiger partial charge in [0.15, 0.2) is 12.1 Å². The van der Waals surface area contributed by atoms with E-state index in [9.17, 15) is 9.59 Å². The summed E-state index contributed by atoms with van der Waals surface area (Å²) in [6, 6.07) is 5.63. The highest BCUT2D eigenvalue weighted by Gasteiger charge is 2.31. The Labute approximate surface area is 210 Å². The van der Waals surface area contributed by atoms with Crippen LogP contribution in [0.2, 0.25) is 5.02 Å². The topological polar surface area (TPSA) is 107 Å². The van der Waals surface area contributed by atoms with Crippen molar-refractivity contribution in [2.45, 2.75) is 59.0 Å². The summed E-state index contributed by atoms with van der Waals surface area (Å²) in [5.41, 5.74) is 5.58. The molecule has 35 heavy (non-hydrogen) atoms. The predicted octanol–water partition coefficient (Wildman–Crippen LogP) is 2.77. The van der Waals surface area contributed by atoms with Crippen molar-refractivity contribution in [3.05, 3.63) is 52.1 Å². The van der Waals surface area contributed by atoms with Crippen LogP contribution < -0.4 is 16.1 Å². The first kappa shape index (κ1) is 25.1. The fourth-order valence-electron chi connectivity index (χ4n) is 4.35. The molecule has 3 atom stereocenters. The number of amidine groups is 2. The molecule has 10 heteroatoms. The zero-order valence-electron chi connectivity index (χ0n) is 20.4. The maximum Gasteiger partial charge on any atom is 0.260 e. The van der Waals surface area contributed by atoms with Gasteiger partial charge in [0.2, 0.25) is 5.91 Å². The second-order valence-electron chi connectivity index (χ2n) is 8.68. The number of hydrogen-bond donors (Lipinski definition) is 3. The average Bonchev–Trinajstić information content (AvgIpc) is 3.27. The van der Waals surface area contributed by atoms with Crippen LogP contribution >= 0.6 is 11.6 Å². The van der Waals surface area contributed by atoms with Gasteiger partial charge in [-0.1, -0.05) is 29.8 Å². The molecule has 3 aliphatic rings. The van der Waals surface area contributed by atoms with Gasteiger partial charge in [-0.3, -0.25) is 19.8 Å². The molecule has 1 saturated heterocycles. The molecular formula is C25H31ClN6O3. The molecule has 3 N–H and O–H groups in total. The summed E-state index contributed by atoms with van der Waals surface area (Å²) in [5, 5.41) is 6.77. The number of aliphatic imine (C=N–C) groups is 2. The van der Waals surface area contributed by atoms with Gasteiger partial charge in [-0.05, 0) is 46.3 Å². The Morgan fingerprint density at radius 1 is 1.40 bits per heavy atom. The fraction of sp³-hybridized carbons (Fsp3) is 0.440. The zero-order valence-corrected chi connectivity index (χ0v) is 21.1. The number of likely N-dealkylation sites (N-methyl/N-ethyl adjacent to an activating group) is 1. The third-order valence-electron chi connectivity index (χ3n) is 6.14. The smallest absolute Gasteiger partial charge is 0.260 e. The summed E-state index contributed by atoms with van der Waals surface area (Å²) in [7, 11) is 0. The van der Waals surface area contributed by atoms with E-state index in [2.05, 4.69) is 21.1 Å². The van der Waals surface area contributed by atoms with Gasteiger partial charge < -0.3 is 5.32 Å². The molecule has 2 amide bonds. The van der Waals surface area contributed by atoms with E-state index in [-0.39, 0.29) is 30.2 Å². The van der Waals surface area contributed by atoms with E-state index in [4.69, 9.17) is 21.4 Å². The summed E-state index contributed by atoms with van der Waals surface area (Å²) >= 11 is 6.64. The predicted molar refractivity (Wildman–Crippen MR) is 137 cm³/mol. The van der Waals surface area contributed by atoms with Crippen LogP contribution in [0.5, 0.6) is 0 Å². The number of carbonyl (C=O) groups excluding carboxylic acids is 2. The number of piperidine rings is 1. The highest BCUT2D eigenvalue weighted by Crippen LogP contribution is 2.32. The maximum atomic E-state index is 13.5. The minimum absolute atomic E-state index is 0.0769. The van der Waals surface area contributed by atoms with Crippen molar-refractivity contribution in [3.63, 3.8) is 0 Å². The van der Waals surface area contributed by atoms with Gasteiger partial charge in [-0.2, -0.15) is 0 Å². The first-order valence-electron chi connectivity index (χ1n) is 11.9. The Morgan fingerprint density at radius 3 is 2.80 bits per heavy atom. The van der Waals surface area contributed by atoms with Gasteiger partial charge in [0.25, 0.3) is 5.91 Å². The van der Waals surface area contributed by atoms with E-state index in [1.54, 1.807) is 11.0 Å². The molecule has 3 unspecified atom stereocenters. The first-order valence-corrected chi connectivity index (χ1v) is 12.3. The van der Waals surface area contributed by atoms with Crippen LogP contribution in [0.3, 0.4) is 0 Å². The van der Waals surface area contributed by atoms with E-state index in [1.165, 1.54) is 0 Å². The van der Waals surface area contributed by atoms with Gasteiger partial charge in [0.05, 0.1) is 6.17 Å². The largest absolute Gasteiger partial charge is 0.355 e. The maximum absolute atomic E-state index is 13.5. The van der Waals surface area contributed by atoms with Gasteiger partial charge >= 0.3 is 0 Å². The van der Waals surface area contributed by atoms with Crippen LogP contribution in [0, 0.1) is 0 Å². The third-order valence-corrected chi connectivity index (χ3v) is 6.46. The van der Waals surface area contributed by atoms with Crippen LogP contribution in [-0.2, 0) is 14.4 Å². The molecule has 4 rings (SSSR count). The van der Waals surface area contributed by atoms with E-state index < -0.39 is 0 Å². The quantitative estimate of drug-likeness (QED) is 0.559. The fourth-order valence-corrected chi connectivity index (χ4v) is 4.63. The molecule has 186 valence electrons. The molecule has 0 radical (unpaired) electrons. The van der Waals surface area contributed by atoms with E-state index in [0.29, 0.717) is 47.3 Å². The minimum atomic E-state index is -0.270. The monoisotopic (exact) mass is 498 g/mol. The zero-order chi connectivity index (χ0) is 25.1. The van der Waals surface area contributed by atoms with Crippen molar-refractivity contribution in [2.24, 2.45) is 9.98 Å². The lowest BCUT2D eigenvalue weighted by atomic mass is 9.95. The van der Waals surface area contributed by atoms with E-state index in [1.807, 2.05) is 52.0 Å². The second kappa shape index (κ2) is 10.7. The number of allylic oxidation sites excluding steroid dienone is 1. The number of amides is 2. The number of carbonyl (C=O) groups is 2. The number of nitrogens with zero attached hydrogens (tertiary/aromatic N) is 3. The molecule has 1 aromatic rings. The van der Waals surface area contributed by atoms with Crippen molar-refractivity contribution < 1.29 is 14.4 Å². The first-order chi connectivity index (χ1) is 16.8. The summed E-state index contributed by atoms with van der Waals surface area (Å²) in [6.07, 6.45) is 4.55. The molecule has 1 fully saturated rings. The van der Waals surface area contributed by atoms with E-state index >= 15 is 0 Å². The molecule has 0 aromatic heterocycles. The van der Waals surface area contributed by atoms with Crippen LogP contribution in [-0.4, -0.2) is 59.9 Å². The number of halogens is 1. The minimum Gasteiger partial charge on any atom is -0.355 e. The molecule has 0 aliphatic carbocycles. The van der Waals surface area contributed by atoms with Gasteiger partial charge in [0, 0.05) is 52.8 Å². The molecule has 9 nitrogen and oxygen atoms in total. The normalized spacial score (nSPS) is 25.9. The number of nitrogens with one attached hydrogen (secondary N) is 3. The van der Waals surface area contributed by atoms with Gasteiger partial charge in [0.1, 0.15) is 5.84 Å². The van der Waals surface area contributed by atoms with Crippen LogP contribution in [0.15, 0.2) is 45.9 Å². The molecular weight excluding hydrogens is 468 g/mol. The summed E-state index contributed by atoms with van der Waals surface area (Å²) < 4.78 is 0. The van der Waals surface area contributed by atoms with Crippen molar-refractivity contribution in [2.75, 3.05) is 13.1 Å². The van der Waals surface area contributed by atoms with Crippen molar-refractivity contribution in [1.29, 1.82) is 0 Å². The molecule has 1 aromatic carbocycles. The molecule has 3 aliphatic heterocycles. The highest BCUT2D eigenvalue weighted by atomic mass is 35.5. The lowest BCUT2D eigenvalue weighted by Gasteiger charge is -2.31. The van der Waals surface area contributed by atoms with Crippen LogP contribution in [0.1, 0.15) is 51.7 Å². The van der Waals surface area contributed by atoms with Gasteiger partial charge in [-0.25, -0.2) is 20.3 Å². The standard InChI is InChI=1S/C25H31ClN6O3/c1-5-16-11-20(19-9-7-17(12-21(19)26)23-30-15(4)35-31-23)25(34)32(6-2)24(16)29-14(3)28-18-8-10-22(33)27-13-18/h5,7,9,11-12,14-15,18,28H,6,8,10,13H2,1-4H3,(H,27,33)(H,30,31)/b16-5-,29-24+. The summed E-state index contributed by atoms with van der Waals surface area (Å²) in [4.78, 5) is 41.1. The van der Waals surface area contributed by atoms with Crippen LogP contribution in [0.4, 0.5) is 0 Å². The SMILES string of the molecule is C/C=C1/C=C(c2ccc(C3=NC(C)ON3)cc2Cl)C(=O)N(CC)/C1=N/C(C)NC1CCC(=O)NC1. The lowest BCUT2D eigenvalue weighted by molar-refractivity contribution is -0.123. The lowest BCUT2D eigenvalue weighted by Crippen LogP contribution is -2.49. The Kier molecular flexibility index (Phi) is 7.69. The second-order valence-corrected chi connectivity index (χ2v) is 9.09. The molecule has 0 saturated carbocycles. The van der Waals surface area contributed by atoms with Crippen molar-refractivity contribution in [3.8, 4) is 0 Å². The summed E-state index contributed by atoms with van der Waals surface area (Å²) in [5.74, 6) is 1.14. The van der Waals surface area contributed by atoms with Gasteiger partial charge in [-0.15, -0.1) is 0 Å². The Morgan fingerprint density at radius 2 is 2.20 bits per heavy atom. The third kappa shape index (κ3) is 5.47. The van der Waals surface area contributed by atoms with E-state index in [0.717, 1.165) is 17.6 Å². The molecule has 3 heterocycles. The number of hydroxylamine groups is 1. The summed E-state index contributed by atoms with van der Waals surface area (Å²) in [6.45, 7) is 8.67. The Balaban J connectivity index is 1.60. The number of benzene rings is 1. The average molecular weight is 499 g/mol. The number of rotatable bonds is 6.